The van der Waals surface area contributed by atoms with Crippen LogP contribution in [0.1, 0.15) is 44.2 Å². The fraction of sp³-hybridized carbons (Fsp3) is 0.421. The van der Waals surface area contributed by atoms with E-state index in [-0.39, 0.29) is 5.56 Å². The second kappa shape index (κ2) is 8.31. The van der Waals surface area contributed by atoms with Crippen LogP contribution >= 0.6 is 12.2 Å². The van der Waals surface area contributed by atoms with Crippen LogP contribution < -0.4 is 16.3 Å². The lowest BCUT2D eigenvalue weighted by Gasteiger charge is -2.08. The van der Waals surface area contributed by atoms with Crippen LogP contribution in [0.5, 0.6) is 0 Å². The van der Waals surface area contributed by atoms with Crippen LogP contribution in [-0.2, 0) is 7.05 Å². The lowest BCUT2D eigenvalue weighted by molar-refractivity contribution is 0.630. The third kappa shape index (κ3) is 4.04. The number of para-hydroxylation sites is 1. The molecule has 0 aliphatic heterocycles. The van der Waals surface area contributed by atoms with E-state index in [0.717, 1.165) is 29.9 Å². The first-order valence-corrected chi connectivity index (χ1v) is 9.45. The standard InChI is InChI=1S/C19H25N5OS/c1-14-17(18(25)24(23(14)2)16-12-8-5-9-13-16)20-19(26)22-21-15-10-6-3-4-7-11-15/h5,8-9,12-13H,3-4,6-7,10-11H2,1-2H3,(H2,20,22,26). The van der Waals surface area contributed by atoms with Crippen LogP contribution in [0.2, 0.25) is 0 Å². The first-order chi connectivity index (χ1) is 12.6. The second-order valence-corrected chi connectivity index (χ2v) is 7.00. The number of benzene rings is 1. The van der Waals surface area contributed by atoms with Crippen molar-refractivity contribution in [1.82, 2.24) is 14.8 Å². The topological polar surface area (TPSA) is 63.4 Å². The van der Waals surface area contributed by atoms with Gasteiger partial charge in [0.15, 0.2) is 5.11 Å². The Hall–Kier alpha value is -2.41. The minimum atomic E-state index is -0.137. The van der Waals surface area contributed by atoms with Gasteiger partial charge in [-0.3, -0.25) is 14.9 Å². The number of hydrogen-bond donors (Lipinski definition) is 2. The van der Waals surface area contributed by atoms with Crippen molar-refractivity contribution in [3.05, 3.63) is 46.4 Å². The van der Waals surface area contributed by atoms with E-state index in [1.165, 1.54) is 25.7 Å². The van der Waals surface area contributed by atoms with Crippen LogP contribution in [0.25, 0.3) is 5.69 Å². The zero-order valence-electron chi connectivity index (χ0n) is 15.3. The Kier molecular flexibility index (Phi) is 5.88. The van der Waals surface area contributed by atoms with Crippen LogP contribution in [0, 0.1) is 6.92 Å². The van der Waals surface area contributed by atoms with E-state index >= 15 is 0 Å². The molecule has 0 unspecified atom stereocenters. The Morgan fingerprint density at radius 3 is 2.42 bits per heavy atom. The van der Waals surface area contributed by atoms with Gasteiger partial charge in [-0.2, -0.15) is 5.10 Å². The Morgan fingerprint density at radius 1 is 1.12 bits per heavy atom. The fourth-order valence-electron chi connectivity index (χ4n) is 3.23. The average molecular weight is 372 g/mol. The number of hydrazone groups is 1. The first kappa shape index (κ1) is 18.4. The number of rotatable bonds is 3. The quantitative estimate of drug-likeness (QED) is 0.493. The summed E-state index contributed by atoms with van der Waals surface area (Å²) < 4.78 is 3.44. The highest BCUT2D eigenvalue weighted by Gasteiger charge is 2.17. The summed E-state index contributed by atoms with van der Waals surface area (Å²) in [7, 11) is 1.86. The molecule has 26 heavy (non-hydrogen) atoms. The van der Waals surface area contributed by atoms with E-state index < -0.39 is 0 Å². The molecule has 2 aromatic rings. The third-order valence-electron chi connectivity index (χ3n) is 4.79. The molecular weight excluding hydrogens is 346 g/mol. The normalized spacial score (nSPS) is 14.6. The van der Waals surface area contributed by atoms with Crippen LogP contribution in [-0.4, -0.2) is 20.2 Å². The predicted molar refractivity (Wildman–Crippen MR) is 110 cm³/mol. The Morgan fingerprint density at radius 2 is 1.77 bits per heavy atom. The zero-order valence-corrected chi connectivity index (χ0v) is 16.1. The van der Waals surface area contributed by atoms with E-state index in [9.17, 15) is 4.79 Å². The van der Waals surface area contributed by atoms with Crippen molar-refractivity contribution in [2.24, 2.45) is 12.1 Å². The molecule has 0 radical (unpaired) electrons. The molecule has 0 amide bonds. The summed E-state index contributed by atoms with van der Waals surface area (Å²) in [6.07, 6.45) is 6.93. The fourth-order valence-corrected chi connectivity index (χ4v) is 3.38. The number of nitrogens with zero attached hydrogens (tertiary/aromatic N) is 3. The van der Waals surface area contributed by atoms with E-state index in [1.54, 1.807) is 4.68 Å². The molecule has 6 nitrogen and oxygen atoms in total. The van der Waals surface area contributed by atoms with Crippen molar-refractivity contribution in [1.29, 1.82) is 0 Å². The van der Waals surface area contributed by atoms with Crippen molar-refractivity contribution < 1.29 is 0 Å². The highest BCUT2D eigenvalue weighted by atomic mass is 32.1. The Labute approximate surface area is 158 Å². The lowest BCUT2D eigenvalue weighted by atomic mass is 10.2. The summed E-state index contributed by atoms with van der Waals surface area (Å²) in [5.41, 5.74) is 6.01. The van der Waals surface area contributed by atoms with Crippen molar-refractivity contribution >= 4 is 28.7 Å². The molecule has 0 atom stereocenters. The van der Waals surface area contributed by atoms with Gasteiger partial charge in [-0.1, -0.05) is 31.0 Å². The summed E-state index contributed by atoms with van der Waals surface area (Å²) in [4.78, 5) is 12.9. The van der Waals surface area contributed by atoms with E-state index in [4.69, 9.17) is 12.2 Å². The first-order valence-electron chi connectivity index (χ1n) is 9.04. The van der Waals surface area contributed by atoms with Gasteiger partial charge in [0.2, 0.25) is 0 Å². The minimum Gasteiger partial charge on any atom is -0.325 e. The molecule has 1 saturated carbocycles. The highest BCUT2D eigenvalue weighted by Crippen LogP contribution is 2.15. The maximum Gasteiger partial charge on any atom is 0.295 e. The van der Waals surface area contributed by atoms with Gasteiger partial charge in [-0.05, 0) is 57.0 Å². The molecule has 2 N–H and O–H groups in total. The van der Waals surface area contributed by atoms with Crippen LogP contribution in [0.4, 0.5) is 5.69 Å². The summed E-state index contributed by atoms with van der Waals surface area (Å²) in [5.74, 6) is 0. The predicted octanol–water partition coefficient (Wildman–Crippen LogP) is 3.48. The summed E-state index contributed by atoms with van der Waals surface area (Å²) in [6.45, 7) is 1.89. The van der Waals surface area contributed by atoms with Gasteiger partial charge in [-0.15, -0.1) is 0 Å². The molecule has 1 aromatic heterocycles. The largest absolute Gasteiger partial charge is 0.325 e. The Bertz CT molecular complexity index is 856. The molecule has 1 aromatic carbocycles. The molecule has 3 rings (SSSR count). The van der Waals surface area contributed by atoms with E-state index in [2.05, 4.69) is 15.8 Å². The van der Waals surface area contributed by atoms with Crippen molar-refractivity contribution in [3.63, 3.8) is 0 Å². The van der Waals surface area contributed by atoms with Crippen LogP contribution in [0.15, 0.2) is 40.2 Å². The number of anilines is 1. The molecule has 0 bridgehead atoms. The van der Waals surface area contributed by atoms with E-state index in [1.807, 2.05) is 49.0 Å². The zero-order chi connectivity index (χ0) is 18.5. The van der Waals surface area contributed by atoms with Gasteiger partial charge in [0.1, 0.15) is 5.69 Å². The number of thiocarbonyl (C=S) groups is 1. The van der Waals surface area contributed by atoms with Crippen molar-refractivity contribution in [2.45, 2.75) is 45.4 Å². The van der Waals surface area contributed by atoms with Gasteiger partial charge < -0.3 is 5.32 Å². The summed E-state index contributed by atoms with van der Waals surface area (Å²) in [5, 5.41) is 7.80. The molecule has 1 heterocycles. The molecule has 1 fully saturated rings. The molecule has 0 spiro atoms. The highest BCUT2D eigenvalue weighted by molar-refractivity contribution is 7.80. The number of hydrogen-bond acceptors (Lipinski definition) is 3. The van der Waals surface area contributed by atoms with Gasteiger partial charge in [0, 0.05) is 12.8 Å². The van der Waals surface area contributed by atoms with Gasteiger partial charge in [0.05, 0.1) is 11.4 Å². The van der Waals surface area contributed by atoms with Crippen molar-refractivity contribution in [2.75, 3.05) is 5.32 Å². The molecule has 7 heteroatoms. The minimum absolute atomic E-state index is 0.137. The van der Waals surface area contributed by atoms with E-state index in [0.29, 0.717) is 10.8 Å². The van der Waals surface area contributed by atoms with Gasteiger partial charge in [-0.25, -0.2) is 4.68 Å². The summed E-state index contributed by atoms with van der Waals surface area (Å²) >= 11 is 5.34. The van der Waals surface area contributed by atoms with Crippen LogP contribution in [0.3, 0.4) is 0 Å². The third-order valence-corrected chi connectivity index (χ3v) is 4.98. The maximum absolute atomic E-state index is 12.9. The molecule has 0 saturated heterocycles. The Balaban J connectivity index is 1.77. The van der Waals surface area contributed by atoms with Crippen molar-refractivity contribution in [3.8, 4) is 5.69 Å². The number of aromatic nitrogens is 2. The smallest absolute Gasteiger partial charge is 0.295 e. The summed E-state index contributed by atoms with van der Waals surface area (Å²) in [6, 6.07) is 9.55. The maximum atomic E-state index is 12.9. The average Bonchev–Trinajstić information content (AvgIpc) is 2.85. The molecule has 138 valence electrons. The second-order valence-electron chi connectivity index (χ2n) is 6.59. The molecule has 1 aliphatic rings. The van der Waals surface area contributed by atoms with Gasteiger partial charge >= 0.3 is 0 Å². The van der Waals surface area contributed by atoms with Gasteiger partial charge in [0.25, 0.3) is 5.56 Å². The SMILES string of the molecule is Cc1c(NC(=S)NN=C2CCCCCC2)c(=O)n(-c2ccccc2)n1C. The lowest BCUT2D eigenvalue weighted by Crippen LogP contribution is -2.28. The monoisotopic (exact) mass is 371 g/mol. The molecular formula is C19H25N5OS. The molecule has 1 aliphatic carbocycles. The number of nitrogens with one attached hydrogen (secondary N) is 2.